The van der Waals surface area contributed by atoms with Crippen LogP contribution in [0.25, 0.3) is 0 Å². The van der Waals surface area contributed by atoms with Gasteiger partial charge >= 0.3 is 0 Å². The minimum absolute atomic E-state index is 0.0412. The van der Waals surface area contributed by atoms with E-state index in [2.05, 4.69) is 5.32 Å². The number of methoxy groups -OCH3 is 1. The molecule has 4 N–H and O–H groups in total. The van der Waals surface area contributed by atoms with Gasteiger partial charge in [0.25, 0.3) is 0 Å². The second kappa shape index (κ2) is 12.6. The molecule has 0 saturated carbocycles. The zero-order valence-corrected chi connectivity index (χ0v) is 14.4. The van der Waals surface area contributed by atoms with E-state index < -0.39 is 0 Å². The Kier molecular flexibility index (Phi) is 12.6. The Balaban J connectivity index is 0.00000172. The molecule has 5 nitrogen and oxygen atoms in total. The fourth-order valence-electron chi connectivity index (χ4n) is 1.31. The summed E-state index contributed by atoms with van der Waals surface area (Å²) in [5.41, 5.74) is 0.527. The second-order valence-corrected chi connectivity index (χ2v) is 6.26. The summed E-state index contributed by atoms with van der Waals surface area (Å²) < 4.78 is 15.4. The molecule has 0 bridgehead atoms. The summed E-state index contributed by atoms with van der Waals surface area (Å²) in [4.78, 5) is 11.9. The van der Waals surface area contributed by atoms with Gasteiger partial charge in [0.1, 0.15) is 0 Å². The molecule has 0 aromatic carbocycles. The number of Topliss-reactive ketones (excluding diaryl/α,β-unsaturated/α-hetero) is 1. The van der Waals surface area contributed by atoms with Gasteiger partial charge in [-0.15, -0.1) is 11.3 Å². The molecule has 0 atom stereocenters. The molecule has 1 aromatic rings. The van der Waals surface area contributed by atoms with Crippen LogP contribution in [0.3, 0.4) is 0 Å². The third-order valence-electron chi connectivity index (χ3n) is 2.16. The molecular formula is C12H22N2O3S3. The fraction of sp³-hybridized carbons (Fsp3) is 0.583. The number of ketones is 1. The first-order chi connectivity index (χ1) is 9.72. The number of nitrogens with two attached hydrogens (primary N) is 1. The zero-order valence-electron chi connectivity index (χ0n) is 12.0. The van der Waals surface area contributed by atoms with Crippen molar-refractivity contribution >= 4 is 41.1 Å². The molecule has 0 radical (unpaired) electrons. The van der Waals surface area contributed by atoms with Crippen molar-refractivity contribution in [2.75, 3.05) is 26.8 Å². The second-order valence-electron chi connectivity index (χ2n) is 3.42. The fourth-order valence-corrected chi connectivity index (χ4v) is 3.43. The molecule has 8 heteroatoms. The first kappa shape index (κ1) is 19.9. The van der Waals surface area contributed by atoms with E-state index in [9.17, 15) is 4.79 Å². The van der Waals surface area contributed by atoms with Crippen LogP contribution in [-0.2, 0) is 4.74 Å². The summed E-state index contributed by atoms with van der Waals surface area (Å²) in [5, 5.41) is 8.48. The zero-order chi connectivity index (χ0) is 15.4. The van der Waals surface area contributed by atoms with Crippen LogP contribution in [0, 0.1) is 0 Å². The molecule has 0 unspecified atom stereocenters. The van der Waals surface area contributed by atoms with E-state index in [1.807, 2.05) is 13.8 Å². The van der Waals surface area contributed by atoms with Gasteiger partial charge in [0, 0.05) is 31.3 Å². The largest absolute Gasteiger partial charge is 0.385 e. The van der Waals surface area contributed by atoms with Gasteiger partial charge in [-0.25, -0.2) is 0 Å². The quantitative estimate of drug-likeness (QED) is 0.276. The molecule has 0 saturated heterocycles. The number of ether oxygens (including phenoxy) is 1. The Morgan fingerprint density at radius 2 is 2.25 bits per heavy atom. The van der Waals surface area contributed by atoms with Crippen molar-refractivity contribution in [3.05, 3.63) is 11.6 Å². The number of nitrogens with one attached hydrogen (secondary N) is 1. The summed E-state index contributed by atoms with van der Waals surface area (Å²) in [7, 11) is 1.65. The van der Waals surface area contributed by atoms with Crippen molar-refractivity contribution in [1.29, 1.82) is 0 Å². The number of carbonyl (C=O) groups excluding carboxylic acids is 1. The predicted octanol–water partition coefficient (Wildman–Crippen LogP) is 3.11. The van der Waals surface area contributed by atoms with E-state index in [0.717, 1.165) is 29.1 Å². The van der Waals surface area contributed by atoms with Crippen LogP contribution in [0.15, 0.2) is 14.5 Å². The number of hydrogen-bond donors (Lipinski definition) is 3. The van der Waals surface area contributed by atoms with E-state index in [1.54, 1.807) is 13.2 Å². The first-order valence-electron chi connectivity index (χ1n) is 6.27. The van der Waals surface area contributed by atoms with E-state index in [1.165, 1.54) is 11.3 Å². The smallest absolute Gasteiger partial charge is 0.178 e. The average Bonchev–Trinajstić information content (AvgIpc) is 2.92. The minimum Gasteiger partial charge on any atom is -0.385 e. The topological polar surface area (TPSA) is 84.6 Å². The SMILES string of the molecule is CC.COCCCNCC(=O)c1cc(SN)sc1SO. The number of rotatable bonds is 9. The Morgan fingerprint density at radius 1 is 1.55 bits per heavy atom. The highest BCUT2D eigenvalue weighted by atomic mass is 32.2. The molecule has 1 aromatic heterocycles. The van der Waals surface area contributed by atoms with Crippen molar-refractivity contribution in [1.82, 2.24) is 5.32 Å². The van der Waals surface area contributed by atoms with Gasteiger partial charge in [-0.1, -0.05) is 13.8 Å². The van der Waals surface area contributed by atoms with Gasteiger partial charge in [-0.2, -0.15) is 0 Å². The minimum atomic E-state index is -0.0412. The molecule has 1 rings (SSSR count). The Hall–Kier alpha value is -0.0900. The van der Waals surface area contributed by atoms with Crippen LogP contribution < -0.4 is 10.5 Å². The lowest BCUT2D eigenvalue weighted by Gasteiger charge is -2.03. The molecule has 116 valence electrons. The molecule has 20 heavy (non-hydrogen) atoms. The lowest BCUT2D eigenvalue weighted by Crippen LogP contribution is -2.24. The standard InChI is InChI=1S/C10H16N2O3S3.C2H6/c1-15-4-2-3-12-6-8(13)7-5-9(17-11)16-10(7)18-14;1-2/h5,12,14H,2-4,6,11H2,1H3;1-2H3. The highest BCUT2D eigenvalue weighted by molar-refractivity contribution is 8.00. The van der Waals surface area contributed by atoms with Crippen molar-refractivity contribution in [2.45, 2.75) is 28.7 Å². The monoisotopic (exact) mass is 338 g/mol. The van der Waals surface area contributed by atoms with E-state index in [-0.39, 0.29) is 12.3 Å². The summed E-state index contributed by atoms with van der Waals surface area (Å²) in [6.45, 7) is 5.65. The van der Waals surface area contributed by atoms with Crippen LogP contribution >= 0.6 is 35.3 Å². The molecule has 0 aliphatic heterocycles. The lowest BCUT2D eigenvalue weighted by molar-refractivity contribution is 0.0987. The molecule has 1 heterocycles. The summed E-state index contributed by atoms with van der Waals surface area (Å²) in [5.74, 6) is -0.0412. The van der Waals surface area contributed by atoms with Crippen LogP contribution in [0.2, 0.25) is 0 Å². The van der Waals surface area contributed by atoms with Crippen LogP contribution in [0.4, 0.5) is 0 Å². The summed E-state index contributed by atoms with van der Waals surface area (Å²) >= 11 is 2.98. The Morgan fingerprint density at radius 3 is 2.80 bits per heavy atom. The Bertz CT molecular complexity index is 386. The van der Waals surface area contributed by atoms with Gasteiger partial charge in [0.05, 0.1) is 15.0 Å². The van der Waals surface area contributed by atoms with Crippen molar-refractivity contribution in [2.24, 2.45) is 5.14 Å². The van der Waals surface area contributed by atoms with Crippen molar-refractivity contribution in [3.8, 4) is 0 Å². The molecule has 0 aliphatic carbocycles. The van der Waals surface area contributed by atoms with Gasteiger partial charge in [0.2, 0.25) is 0 Å². The van der Waals surface area contributed by atoms with E-state index >= 15 is 0 Å². The van der Waals surface area contributed by atoms with Gasteiger partial charge in [-0.3, -0.25) is 9.93 Å². The molecular weight excluding hydrogens is 316 g/mol. The number of thiophene rings is 1. The van der Waals surface area contributed by atoms with Crippen LogP contribution in [-0.4, -0.2) is 37.1 Å². The van der Waals surface area contributed by atoms with Crippen molar-refractivity contribution < 1.29 is 14.1 Å². The molecule has 0 amide bonds. The molecule has 0 spiro atoms. The third-order valence-corrected chi connectivity index (χ3v) is 4.63. The average molecular weight is 339 g/mol. The predicted molar refractivity (Wildman–Crippen MR) is 87.9 cm³/mol. The Labute approximate surface area is 133 Å². The summed E-state index contributed by atoms with van der Waals surface area (Å²) in [6.07, 6.45) is 0.860. The molecule has 0 aliphatic rings. The van der Waals surface area contributed by atoms with Gasteiger partial charge in [-0.05, 0) is 31.0 Å². The van der Waals surface area contributed by atoms with Gasteiger partial charge in [0.15, 0.2) is 5.78 Å². The number of carbonyl (C=O) groups is 1. The van der Waals surface area contributed by atoms with Crippen LogP contribution in [0.1, 0.15) is 30.6 Å². The normalized spacial score (nSPS) is 10.1. The van der Waals surface area contributed by atoms with Crippen molar-refractivity contribution in [3.63, 3.8) is 0 Å². The maximum Gasteiger partial charge on any atom is 0.178 e. The molecule has 0 fully saturated rings. The van der Waals surface area contributed by atoms with Gasteiger partial charge < -0.3 is 14.6 Å². The van der Waals surface area contributed by atoms with E-state index in [0.29, 0.717) is 28.4 Å². The third kappa shape index (κ3) is 7.07. The highest BCUT2D eigenvalue weighted by Crippen LogP contribution is 2.34. The van der Waals surface area contributed by atoms with Crippen LogP contribution in [0.5, 0.6) is 0 Å². The lowest BCUT2D eigenvalue weighted by atomic mass is 10.2. The summed E-state index contributed by atoms with van der Waals surface area (Å²) in [6, 6.07) is 1.72. The number of hydrogen-bond acceptors (Lipinski definition) is 8. The maximum atomic E-state index is 11.9. The highest BCUT2D eigenvalue weighted by Gasteiger charge is 2.15. The maximum absolute atomic E-state index is 11.9. The first-order valence-corrected chi connectivity index (χ1v) is 8.74. The van der Waals surface area contributed by atoms with E-state index in [4.69, 9.17) is 14.4 Å².